The number of carbonyl (C=O) groups is 2. The first-order chi connectivity index (χ1) is 18.7. The highest BCUT2D eigenvalue weighted by molar-refractivity contribution is 5.85. The highest BCUT2D eigenvalue weighted by Gasteiger charge is 2.27. The van der Waals surface area contributed by atoms with E-state index < -0.39 is 12.1 Å². The molecule has 2 aromatic heterocycles. The summed E-state index contributed by atoms with van der Waals surface area (Å²) in [5.74, 6) is 0.695. The molecule has 4 N–H and O–H groups in total. The average Bonchev–Trinajstić information content (AvgIpc) is 2.92. The van der Waals surface area contributed by atoms with E-state index in [9.17, 15) is 18.4 Å². The van der Waals surface area contributed by atoms with Crippen LogP contribution in [0.15, 0.2) is 6.20 Å². The maximum atomic E-state index is 13.5. The van der Waals surface area contributed by atoms with Crippen LogP contribution in [0.25, 0.3) is 11.4 Å². The van der Waals surface area contributed by atoms with E-state index in [1.54, 1.807) is 0 Å². The molecule has 0 radical (unpaired) electrons. The second kappa shape index (κ2) is 13.0. The minimum atomic E-state index is -2.88. The van der Waals surface area contributed by atoms with Gasteiger partial charge in [0.05, 0.1) is 5.56 Å². The number of aromatic nitrogens is 5. The summed E-state index contributed by atoms with van der Waals surface area (Å²) in [4.78, 5) is 50.5. The lowest BCUT2D eigenvalue weighted by Gasteiger charge is -2.39. The van der Waals surface area contributed by atoms with Gasteiger partial charge in [0.2, 0.25) is 23.8 Å². The SMILES string of the molecule is CCCC(=O)CCC(=O)N1CCC(CN2CCN(c3nc(N)nc(-c4cnc(N)nc4C(F)F)n3)CC2)CC1. The van der Waals surface area contributed by atoms with Gasteiger partial charge >= 0.3 is 0 Å². The van der Waals surface area contributed by atoms with Crippen molar-refractivity contribution in [2.24, 2.45) is 5.92 Å². The number of hydrogen-bond acceptors (Lipinski definition) is 11. The van der Waals surface area contributed by atoms with Crippen molar-refractivity contribution in [3.8, 4) is 11.4 Å². The van der Waals surface area contributed by atoms with E-state index in [0.29, 0.717) is 44.2 Å². The second-order valence-corrected chi connectivity index (χ2v) is 10.0. The number of hydrogen-bond donors (Lipinski definition) is 2. The summed E-state index contributed by atoms with van der Waals surface area (Å²) in [5, 5.41) is 0. The fourth-order valence-corrected chi connectivity index (χ4v) is 5.06. The van der Waals surface area contributed by atoms with Crippen LogP contribution < -0.4 is 16.4 Å². The number of amides is 1. The number of alkyl halides is 2. The number of piperazine rings is 1. The number of Topliss-reactive ketones (excluding diaryl/α,β-unsaturated/α-hetero) is 1. The zero-order chi connectivity index (χ0) is 27.9. The van der Waals surface area contributed by atoms with Gasteiger partial charge in [-0.2, -0.15) is 15.0 Å². The van der Waals surface area contributed by atoms with Gasteiger partial charge in [0.15, 0.2) is 5.82 Å². The number of nitrogens with two attached hydrogens (primary N) is 2. The molecule has 0 bridgehead atoms. The van der Waals surface area contributed by atoms with Gasteiger partial charge in [0.25, 0.3) is 6.43 Å². The summed E-state index contributed by atoms with van der Waals surface area (Å²) in [6.45, 7) is 7.23. The second-order valence-electron chi connectivity index (χ2n) is 10.0. The molecule has 39 heavy (non-hydrogen) atoms. The molecule has 2 aliphatic rings. The Labute approximate surface area is 226 Å². The molecule has 0 aliphatic carbocycles. The Bertz CT molecular complexity index is 1150. The van der Waals surface area contributed by atoms with Crippen LogP contribution in [0.1, 0.15) is 57.6 Å². The minimum Gasteiger partial charge on any atom is -0.368 e. The highest BCUT2D eigenvalue weighted by atomic mass is 19.3. The molecule has 0 atom stereocenters. The third-order valence-electron chi connectivity index (χ3n) is 7.21. The minimum absolute atomic E-state index is 0.0220. The molecule has 0 unspecified atom stereocenters. The van der Waals surface area contributed by atoms with Crippen LogP contribution in [-0.4, -0.2) is 92.2 Å². The van der Waals surface area contributed by atoms with Crippen molar-refractivity contribution in [3.05, 3.63) is 11.9 Å². The molecule has 12 nitrogen and oxygen atoms in total. The van der Waals surface area contributed by atoms with Crippen molar-refractivity contribution >= 4 is 29.5 Å². The largest absolute Gasteiger partial charge is 0.368 e. The number of piperidine rings is 1. The molecule has 0 aromatic carbocycles. The first-order valence-corrected chi connectivity index (χ1v) is 13.4. The zero-order valence-corrected chi connectivity index (χ0v) is 22.2. The van der Waals surface area contributed by atoms with Crippen LogP contribution in [0.2, 0.25) is 0 Å². The number of likely N-dealkylation sites (tertiary alicyclic amines) is 1. The molecule has 0 saturated carbocycles. The van der Waals surface area contributed by atoms with Crippen LogP contribution in [-0.2, 0) is 9.59 Å². The number of rotatable bonds is 10. The summed E-state index contributed by atoms with van der Waals surface area (Å²) in [6, 6.07) is 0. The number of nitrogen functional groups attached to an aromatic ring is 2. The Balaban J connectivity index is 1.28. The molecular formula is C25H36F2N10O2. The van der Waals surface area contributed by atoms with E-state index in [1.165, 1.54) is 6.20 Å². The normalized spacial score (nSPS) is 17.1. The Kier molecular flexibility index (Phi) is 9.49. The Morgan fingerprint density at radius 2 is 1.67 bits per heavy atom. The maximum absolute atomic E-state index is 13.5. The van der Waals surface area contributed by atoms with E-state index in [2.05, 4.69) is 29.8 Å². The van der Waals surface area contributed by atoms with Gasteiger partial charge in [0, 0.05) is 71.3 Å². The van der Waals surface area contributed by atoms with Crippen molar-refractivity contribution in [1.82, 2.24) is 34.7 Å². The van der Waals surface area contributed by atoms with Crippen LogP contribution in [0.4, 0.5) is 26.6 Å². The molecule has 2 aromatic rings. The van der Waals surface area contributed by atoms with Gasteiger partial charge < -0.3 is 21.3 Å². The third-order valence-corrected chi connectivity index (χ3v) is 7.21. The summed E-state index contributed by atoms with van der Waals surface area (Å²) in [6.07, 6.45) is 2.19. The Morgan fingerprint density at radius 1 is 0.949 bits per heavy atom. The lowest BCUT2D eigenvalue weighted by Crippen LogP contribution is -2.49. The molecule has 2 saturated heterocycles. The molecule has 4 rings (SSSR count). The molecule has 14 heteroatoms. The Morgan fingerprint density at radius 3 is 2.33 bits per heavy atom. The van der Waals surface area contributed by atoms with Gasteiger partial charge in [-0.05, 0) is 25.2 Å². The van der Waals surface area contributed by atoms with Crippen LogP contribution in [0.5, 0.6) is 0 Å². The van der Waals surface area contributed by atoms with Crippen molar-refractivity contribution in [2.45, 2.75) is 51.9 Å². The van der Waals surface area contributed by atoms with Crippen LogP contribution in [0, 0.1) is 5.92 Å². The number of nitrogens with zero attached hydrogens (tertiary/aromatic N) is 8. The molecule has 2 fully saturated rings. The van der Waals surface area contributed by atoms with Gasteiger partial charge in [-0.3, -0.25) is 14.5 Å². The monoisotopic (exact) mass is 546 g/mol. The van der Waals surface area contributed by atoms with E-state index in [-0.39, 0.29) is 35.0 Å². The lowest BCUT2D eigenvalue weighted by molar-refractivity contribution is -0.134. The topological polar surface area (TPSA) is 160 Å². The molecule has 2 aliphatic heterocycles. The Hall–Kier alpha value is -3.55. The molecule has 1 amide bonds. The summed E-state index contributed by atoms with van der Waals surface area (Å²) < 4.78 is 27.1. The van der Waals surface area contributed by atoms with E-state index >= 15 is 0 Å². The first-order valence-electron chi connectivity index (χ1n) is 13.4. The molecule has 0 spiro atoms. The molecule has 4 heterocycles. The van der Waals surface area contributed by atoms with Crippen molar-refractivity contribution < 1.29 is 18.4 Å². The standard InChI is InChI=1S/C25H36F2N10O2/c1-2-3-17(38)4-5-19(39)36-8-6-16(7-9-36)15-35-10-12-37(13-11-35)25-33-22(32-24(29)34-25)18-14-30-23(28)31-20(18)21(26)27/h14,16,21H,2-13,15H2,1H3,(H2,28,30,31)(H2,29,32,33,34). The maximum Gasteiger partial charge on any atom is 0.281 e. The smallest absolute Gasteiger partial charge is 0.281 e. The van der Waals surface area contributed by atoms with E-state index in [0.717, 1.165) is 52.0 Å². The highest BCUT2D eigenvalue weighted by Crippen LogP contribution is 2.29. The number of halogens is 2. The van der Waals surface area contributed by atoms with Gasteiger partial charge in [-0.1, -0.05) is 6.92 Å². The first kappa shape index (κ1) is 28.5. The summed E-state index contributed by atoms with van der Waals surface area (Å²) in [7, 11) is 0. The summed E-state index contributed by atoms with van der Waals surface area (Å²) >= 11 is 0. The fraction of sp³-hybridized carbons (Fsp3) is 0.640. The summed E-state index contributed by atoms with van der Waals surface area (Å²) in [5.41, 5.74) is 10.8. The van der Waals surface area contributed by atoms with Crippen molar-refractivity contribution in [3.63, 3.8) is 0 Å². The lowest BCUT2D eigenvalue weighted by atomic mass is 9.95. The van der Waals surface area contributed by atoms with Crippen molar-refractivity contribution in [2.75, 3.05) is 62.2 Å². The third kappa shape index (κ3) is 7.52. The molecule has 212 valence electrons. The van der Waals surface area contributed by atoms with Crippen LogP contribution >= 0.6 is 0 Å². The number of anilines is 3. The van der Waals surface area contributed by atoms with Crippen molar-refractivity contribution in [1.29, 1.82) is 0 Å². The predicted molar refractivity (Wildman–Crippen MR) is 142 cm³/mol. The van der Waals surface area contributed by atoms with E-state index in [1.807, 2.05) is 16.7 Å². The average molecular weight is 547 g/mol. The van der Waals surface area contributed by atoms with Crippen LogP contribution in [0.3, 0.4) is 0 Å². The zero-order valence-electron chi connectivity index (χ0n) is 22.2. The number of carbonyl (C=O) groups excluding carboxylic acids is 2. The van der Waals surface area contributed by atoms with E-state index in [4.69, 9.17) is 11.5 Å². The van der Waals surface area contributed by atoms with Gasteiger partial charge in [-0.25, -0.2) is 18.7 Å². The quantitative estimate of drug-likeness (QED) is 0.448. The van der Waals surface area contributed by atoms with Gasteiger partial charge in [0.1, 0.15) is 11.5 Å². The molecular weight excluding hydrogens is 510 g/mol. The van der Waals surface area contributed by atoms with Gasteiger partial charge in [-0.15, -0.1) is 0 Å². The number of ketones is 1. The predicted octanol–water partition coefficient (Wildman–Crippen LogP) is 1.94. The fourth-order valence-electron chi connectivity index (χ4n) is 5.06.